The van der Waals surface area contributed by atoms with Crippen molar-refractivity contribution in [2.45, 2.75) is 25.8 Å². The van der Waals surface area contributed by atoms with E-state index in [1.807, 2.05) is 35.0 Å². The van der Waals surface area contributed by atoms with Crippen molar-refractivity contribution < 1.29 is 4.79 Å². The van der Waals surface area contributed by atoms with Crippen LogP contribution in [-0.4, -0.2) is 21.6 Å². The molecule has 4 nitrogen and oxygen atoms in total. The van der Waals surface area contributed by atoms with Gasteiger partial charge in [0.25, 0.3) is 0 Å². The standard InChI is InChI=1S/C15H16ClN3O/c16-9-15(20)17-10-13-12-7-4-8-14(12)19(18-13)11-5-2-1-3-6-11/h1-3,5-6H,4,7-10H2,(H,17,20). The van der Waals surface area contributed by atoms with Crippen molar-refractivity contribution in [3.63, 3.8) is 0 Å². The maximum absolute atomic E-state index is 11.3. The molecule has 1 amide bonds. The first-order valence-corrected chi connectivity index (χ1v) is 7.31. The lowest BCUT2D eigenvalue weighted by Gasteiger charge is -2.04. The van der Waals surface area contributed by atoms with E-state index in [4.69, 9.17) is 11.6 Å². The van der Waals surface area contributed by atoms with Gasteiger partial charge in [-0.15, -0.1) is 11.6 Å². The van der Waals surface area contributed by atoms with Gasteiger partial charge >= 0.3 is 0 Å². The Morgan fingerprint density at radius 2 is 2.10 bits per heavy atom. The smallest absolute Gasteiger partial charge is 0.235 e. The normalized spacial score (nSPS) is 13.2. The zero-order chi connectivity index (χ0) is 13.9. The van der Waals surface area contributed by atoms with Crippen molar-refractivity contribution in [3.05, 3.63) is 47.3 Å². The summed E-state index contributed by atoms with van der Waals surface area (Å²) in [6, 6.07) is 10.1. The number of hydrogen-bond acceptors (Lipinski definition) is 2. The van der Waals surface area contributed by atoms with E-state index in [1.165, 1.54) is 11.3 Å². The summed E-state index contributed by atoms with van der Waals surface area (Å²) in [4.78, 5) is 11.3. The molecule has 1 aliphatic carbocycles. The van der Waals surface area contributed by atoms with Crippen LogP contribution in [0.2, 0.25) is 0 Å². The second-order valence-corrected chi connectivity index (χ2v) is 5.15. The molecule has 2 aromatic rings. The first kappa shape index (κ1) is 13.2. The van der Waals surface area contributed by atoms with E-state index in [-0.39, 0.29) is 11.8 Å². The van der Waals surface area contributed by atoms with E-state index in [2.05, 4.69) is 10.4 Å². The SMILES string of the molecule is O=C(CCl)NCc1nn(-c2ccccc2)c2c1CCC2. The first-order valence-electron chi connectivity index (χ1n) is 6.77. The number of benzene rings is 1. The van der Waals surface area contributed by atoms with Crippen molar-refractivity contribution >= 4 is 17.5 Å². The molecule has 0 fully saturated rings. The highest BCUT2D eigenvalue weighted by atomic mass is 35.5. The van der Waals surface area contributed by atoms with Crippen LogP contribution in [0.25, 0.3) is 5.69 Å². The predicted molar refractivity (Wildman–Crippen MR) is 78.2 cm³/mol. The Bertz CT molecular complexity index is 622. The molecule has 1 aliphatic rings. The van der Waals surface area contributed by atoms with Crippen molar-refractivity contribution in [1.82, 2.24) is 15.1 Å². The largest absolute Gasteiger partial charge is 0.349 e. The van der Waals surface area contributed by atoms with Gasteiger partial charge < -0.3 is 5.32 Å². The van der Waals surface area contributed by atoms with Gasteiger partial charge in [0, 0.05) is 5.69 Å². The molecule has 0 radical (unpaired) electrons. The van der Waals surface area contributed by atoms with Gasteiger partial charge in [0.2, 0.25) is 5.91 Å². The van der Waals surface area contributed by atoms with E-state index in [0.717, 1.165) is 30.6 Å². The average molecular weight is 290 g/mol. The minimum absolute atomic E-state index is 0.0123. The molecule has 1 aromatic heterocycles. The van der Waals surface area contributed by atoms with Crippen molar-refractivity contribution in [1.29, 1.82) is 0 Å². The molecule has 0 aliphatic heterocycles. The van der Waals surface area contributed by atoms with Crippen LogP contribution in [-0.2, 0) is 24.2 Å². The van der Waals surface area contributed by atoms with Crippen LogP contribution in [0.3, 0.4) is 0 Å². The molecule has 5 heteroatoms. The molecule has 0 spiro atoms. The fourth-order valence-electron chi connectivity index (χ4n) is 2.67. The summed E-state index contributed by atoms with van der Waals surface area (Å²) in [6.07, 6.45) is 3.23. The van der Waals surface area contributed by atoms with Crippen LogP contribution in [0.5, 0.6) is 0 Å². The summed E-state index contributed by atoms with van der Waals surface area (Å²) in [5.41, 5.74) is 4.58. The molecule has 104 valence electrons. The maximum Gasteiger partial charge on any atom is 0.235 e. The molecule has 0 saturated carbocycles. The monoisotopic (exact) mass is 289 g/mol. The maximum atomic E-state index is 11.3. The Morgan fingerprint density at radius 1 is 1.30 bits per heavy atom. The van der Waals surface area contributed by atoms with Crippen LogP contribution in [0.15, 0.2) is 30.3 Å². The topological polar surface area (TPSA) is 46.9 Å². The Kier molecular flexibility index (Phi) is 3.74. The number of rotatable bonds is 4. The highest BCUT2D eigenvalue weighted by molar-refractivity contribution is 6.27. The van der Waals surface area contributed by atoms with Crippen LogP contribution < -0.4 is 5.32 Å². The van der Waals surface area contributed by atoms with Crippen LogP contribution in [0.4, 0.5) is 0 Å². The van der Waals surface area contributed by atoms with Gasteiger partial charge in [0.1, 0.15) is 5.88 Å². The summed E-state index contributed by atoms with van der Waals surface area (Å²) in [5.74, 6) is -0.172. The molecule has 1 heterocycles. The molecular formula is C15H16ClN3O. The molecule has 1 N–H and O–H groups in total. The number of carbonyl (C=O) groups excluding carboxylic acids is 1. The van der Waals surface area contributed by atoms with Gasteiger partial charge in [-0.25, -0.2) is 4.68 Å². The number of hydrogen-bond donors (Lipinski definition) is 1. The van der Waals surface area contributed by atoms with E-state index in [1.54, 1.807) is 0 Å². The lowest BCUT2D eigenvalue weighted by molar-refractivity contribution is -0.118. The lowest BCUT2D eigenvalue weighted by atomic mass is 10.2. The quantitative estimate of drug-likeness (QED) is 0.877. The Morgan fingerprint density at radius 3 is 2.85 bits per heavy atom. The Balaban J connectivity index is 1.91. The molecular weight excluding hydrogens is 274 g/mol. The van der Waals surface area contributed by atoms with Gasteiger partial charge in [-0.3, -0.25) is 4.79 Å². The molecule has 3 rings (SSSR count). The minimum atomic E-state index is -0.160. The predicted octanol–water partition coefficient (Wildman–Crippen LogP) is 2.22. The van der Waals surface area contributed by atoms with Crippen molar-refractivity contribution in [3.8, 4) is 5.69 Å². The number of carbonyl (C=O) groups is 1. The summed E-state index contributed by atoms with van der Waals surface area (Å²) >= 11 is 5.50. The molecule has 20 heavy (non-hydrogen) atoms. The van der Waals surface area contributed by atoms with Crippen molar-refractivity contribution in [2.24, 2.45) is 0 Å². The van der Waals surface area contributed by atoms with E-state index in [9.17, 15) is 4.79 Å². The number of halogens is 1. The second-order valence-electron chi connectivity index (χ2n) is 4.88. The van der Waals surface area contributed by atoms with Crippen molar-refractivity contribution in [2.75, 3.05) is 5.88 Å². The zero-order valence-corrected chi connectivity index (χ0v) is 11.9. The minimum Gasteiger partial charge on any atom is -0.349 e. The zero-order valence-electron chi connectivity index (χ0n) is 11.1. The third-order valence-corrected chi connectivity index (χ3v) is 3.83. The number of nitrogens with one attached hydrogen (secondary N) is 1. The third-order valence-electron chi connectivity index (χ3n) is 3.59. The highest BCUT2D eigenvalue weighted by Gasteiger charge is 2.23. The van der Waals surface area contributed by atoms with Gasteiger partial charge in [-0.05, 0) is 37.0 Å². The number of aromatic nitrogens is 2. The summed E-state index contributed by atoms with van der Waals surface area (Å²) in [5, 5.41) is 7.46. The number of nitrogens with zero attached hydrogens (tertiary/aromatic N) is 2. The fraction of sp³-hybridized carbons (Fsp3) is 0.333. The summed E-state index contributed by atoms with van der Waals surface area (Å²) in [6.45, 7) is 0.452. The van der Waals surface area contributed by atoms with Gasteiger partial charge in [-0.2, -0.15) is 5.10 Å². The van der Waals surface area contributed by atoms with Crippen LogP contribution in [0, 0.1) is 0 Å². The van der Waals surface area contributed by atoms with Crippen LogP contribution in [0.1, 0.15) is 23.4 Å². The molecule has 0 bridgehead atoms. The molecule has 1 aromatic carbocycles. The highest BCUT2D eigenvalue weighted by Crippen LogP contribution is 2.27. The van der Waals surface area contributed by atoms with Gasteiger partial charge in [0.05, 0.1) is 17.9 Å². The number of para-hydroxylation sites is 1. The average Bonchev–Trinajstić information content (AvgIpc) is 3.08. The summed E-state index contributed by atoms with van der Waals surface area (Å²) in [7, 11) is 0. The second kappa shape index (κ2) is 5.67. The van der Waals surface area contributed by atoms with E-state index < -0.39 is 0 Å². The van der Waals surface area contributed by atoms with E-state index in [0.29, 0.717) is 6.54 Å². The molecule has 0 unspecified atom stereocenters. The molecule has 0 atom stereocenters. The Hall–Kier alpha value is -1.81. The number of amides is 1. The van der Waals surface area contributed by atoms with E-state index >= 15 is 0 Å². The van der Waals surface area contributed by atoms with Gasteiger partial charge in [0.15, 0.2) is 0 Å². The lowest BCUT2D eigenvalue weighted by Crippen LogP contribution is -2.24. The fourth-order valence-corrected chi connectivity index (χ4v) is 2.76. The third kappa shape index (κ3) is 2.43. The number of alkyl halides is 1. The number of fused-ring (bicyclic) bond motifs is 1. The first-order chi connectivity index (χ1) is 9.79. The van der Waals surface area contributed by atoms with Crippen LogP contribution >= 0.6 is 11.6 Å². The summed E-state index contributed by atoms with van der Waals surface area (Å²) < 4.78 is 2.00. The Labute approximate surface area is 122 Å². The molecule has 0 saturated heterocycles. The van der Waals surface area contributed by atoms with Gasteiger partial charge in [-0.1, -0.05) is 18.2 Å².